The van der Waals surface area contributed by atoms with Gasteiger partial charge in [0.25, 0.3) is 5.91 Å². The van der Waals surface area contributed by atoms with Crippen LogP contribution >= 0.6 is 12.4 Å². The molecule has 27 heavy (non-hydrogen) atoms. The van der Waals surface area contributed by atoms with Crippen molar-refractivity contribution in [3.63, 3.8) is 0 Å². The molecule has 1 fully saturated rings. The molecule has 2 aromatic rings. The van der Waals surface area contributed by atoms with Gasteiger partial charge in [0.2, 0.25) is 0 Å². The molecule has 1 aliphatic rings. The number of piperazine rings is 1. The standard InChI is InChI=1S/C21H27N3O2.ClH/c1-2-3-4-14-26-19-9-7-17(8-10-19)21(25)24-13-12-23-16-20(24)18-6-5-11-22-15-18;/h5-11,15,20,23H,2-4,12-14,16H2,1H3;1H. The third-order valence-corrected chi connectivity index (χ3v) is 4.69. The number of halogens is 1. The predicted octanol–water partition coefficient (Wildman–Crippen LogP) is 3.86. The zero-order valence-electron chi connectivity index (χ0n) is 15.8. The van der Waals surface area contributed by atoms with Gasteiger partial charge in [0.05, 0.1) is 12.6 Å². The van der Waals surface area contributed by atoms with Gasteiger partial charge in [-0.05, 0) is 42.3 Å². The lowest BCUT2D eigenvalue weighted by molar-refractivity contribution is 0.0634. The van der Waals surface area contributed by atoms with E-state index in [0.29, 0.717) is 12.1 Å². The number of amides is 1. The van der Waals surface area contributed by atoms with Crippen molar-refractivity contribution in [1.29, 1.82) is 0 Å². The quantitative estimate of drug-likeness (QED) is 0.730. The SMILES string of the molecule is CCCCCOc1ccc(C(=O)N2CCNCC2c2cccnc2)cc1.Cl. The third kappa shape index (κ3) is 5.68. The van der Waals surface area contributed by atoms with E-state index in [1.54, 1.807) is 6.20 Å². The van der Waals surface area contributed by atoms with Gasteiger partial charge >= 0.3 is 0 Å². The lowest BCUT2D eigenvalue weighted by atomic mass is 10.0. The summed E-state index contributed by atoms with van der Waals surface area (Å²) in [4.78, 5) is 19.2. The highest BCUT2D eigenvalue weighted by molar-refractivity contribution is 5.94. The molecule has 0 spiro atoms. The molecule has 1 unspecified atom stereocenters. The highest BCUT2D eigenvalue weighted by Gasteiger charge is 2.28. The van der Waals surface area contributed by atoms with Gasteiger partial charge in [-0.1, -0.05) is 25.8 Å². The predicted molar refractivity (Wildman–Crippen MR) is 110 cm³/mol. The fraction of sp³-hybridized carbons (Fsp3) is 0.429. The van der Waals surface area contributed by atoms with Crippen LogP contribution in [0, 0.1) is 0 Å². The molecule has 0 bridgehead atoms. The van der Waals surface area contributed by atoms with Gasteiger partial charge in [-0.2, -0.15) is 0 Å². The zero-order chi connectivity index (χ0) is 18.2. The molecule has 0 radical (unpaired) electrons. The maximum absolute atomic E-state index is 13.0. The summed E-state index contributed by atoms with van der Waals surface area (Å²) < 4.78 is 5.74. The van der Waals surface area contributed by atoms with Crippen molar-refractivity contribution >= 4 is 18.3 Å². The van der Waals surface area contributed by atoms with Crippen molar-refractivity contribution in [3.05, 3.63) is 59.9 Å². The highest BCUT2D eigenvalue weighted by Crippen LogP contribution is 2.24. The van der Waals surface area contributed by atoms with Crippen molar-refractivity contribution in [3.8, 4) is 5.75 Å². The molecular weight excluding hydrogens is 362 g/mol. The van der Waals surface area contributed by atoms with E-state index in [2.05, 4.69) is 17.2 Å². The number of carbonyl (C=O) groups is 1. The monoisotopic (exact) mass is 389 g/mol. The number of pyridine rings is 1. The van der Waals surface area contributed by atoms with Crippen LogP contribution in [0.1, 0.15) is 48.1 Å². The number of benzene rings is 1. The molecule has 1 atom stereocenters. The first kappa shape index (κ1) is 21.2. The second kappa shape index (κ2) is 10.9. The topological polar surface area (TPSA) is 54.5 Å². The number of nitrogens with one attached hydrogen (secondary N) is 1. The summed E-state index contributed by atoms with van der Waals surface area (Å²) in [5.74, 6) is 0.875. The molecule has 1 aromatic heterocycles. The Morgan fingerprint density at radius 3 is 2.78 bits per heavy atom. The van der Waals surface area contributed by atoms with E-state index in [9.17, 15) is 4.79 Å². The van der Waals surface area contributed by atoms with E-state index in [1.165, 1.54) is 12.8 Å². The first-order valence-corrected chi connectivity index (χ1v) is 9.44. The molecule has 0 saturated carbocycles. The van der Waals surface area contributed by atoms with Gasteiger partial charge in [-0.25, -0.2) is 0 Å². The summed E-state index contributed by atoms with van der Waals surface area (Å²) in [6, 6.07) is 11.4. The Labute approximate surface area is 167 Å². The summed E-state index contributed by atoms with van der Waals surface area (Å²) >= 11 is 0. The van der Waals surface area contributed by atoms with Gasteiger partial charge in [0.15, 0.2) is 0 Å². The highest BCUT2D eigenvalue weighted by atomic mass is 35.5. The van der Waals surface area contributed by atoms with E-state index in [0.717, 1.165) is 37.4 Å². The molecular formula is C21H28ClN3O2. The Hall–Kier alpha value is -2.11. The average Bonchev–Trinajstić information content (AvgIpc) is 2.72. The van der Waals surface area contributed by atoms with Crippen molar-refractivity contribution in [2.45, 2.75) is 32.2 Å². The number of unbranched alkanes of at least 4 members (excludes halogenated alkanes) is 2. The molecule has 6 heteroatoms. The van der Waals surface area contributed by atoms with Crippen LogP contribution in [0.25, 0.3) is 0 Å². The van der Waals surface area contributed by atoms with E-state index in [-0.39, 0.29) is 24.4 Å². The second-order valence-corrected chi connectivity index (χ2v) is 6.58. The van der Waals surface area contributed by atoms with Crippen molar-refractivity contribution in [2.75, 3.05) is 26.2 Å². The largest absolute Gasteiger partial charge is 0.494 e. The fourth-order valence-corrected chi connectivity index (χ4v) is 3.22. The molecule has 1 saturated heterocycles. The van der Waals surface area contributed by atoms with E-state index in [4.69, 9.17) is 4.74 Å². The van der Waals surface area contributed by atoms with Crippen molar-refractivity contribution < 1.29 is 9.53 Å². The van der Waals surface area contributed by atoms with Gasteiger partial charge < -0.3 is 15.0 Å². The van der Waals surface area contributed by atoms with Crippen LogP contribution in [-0.2, 0) is 0 Å². The normalized spacial score (nSPS) is 16.5. The molecule has 1 aromatic carbocycles. The molecule has 1 aliphatic heterocycles. The minimum absolute atomic E-state index is 0. The van der Waals surface area contributed by atoms with Crippen LogP contribution in [-0.4, -0.2) is 42.0 Å². The van der Waals surface area contributed by atoms with Crippen LogP contribution in [0.4, 0.5) is 0 Å². The lowest BCUT2D eigenvalue weighted by Crippen LogP contribution is -2.48. The molecule has 1 amide bonds. The molecule has 146 valence electrons. The number of aromatic nitrogens is 1. The van der Waals surface area contributed by atoms with Gasteiger partial charge in [0.1, 0.15) is 5.75 Å². The molecule has 0 aliphatic carbocycles. The maximum Gasteiger partial charge on any atom is 0.254 e. The minimum Gasteiger partial charge on any atom is -0.494 e. The Kier molecular flexibility index (Phi) is 8.55. The molecule has 3 rings (SSSR count). The fourth-order valence-electron chi connectivity index (χ4n) is 3.22. The van der Waals surface area contributed by atoms with E-state index >= 15 is 0 Å². The van der Waals surface area contributed by atoms with Gasteiger partial charge in [-0.15, -0.1) is 12.4 Å². The smallest absolute Gasteiger partial charge is 0.254 e. The Bertz CT molecular complexity index is 694. The van der Waals surface area contributed by atoms with Crippen LogP contribution < -0.4 is 10.1 Å². The number of ether oxygens (including phenoxy) is 1. The van der Waals surface area contributed by atoms with E-state index in [1.807, 2.05) is 47.5 Å². The third-order valence-electron chi connectivity index (χ3n) is 4.69. The molecule has 1 N–H and O–H groups in total. The second-order valence-electron chi connectivity index (χ2n) is 6.58. The van der Waals surface area contributed by atoms with Crippen LogP contribution in [0.5, 0.6) is 5.75 Å². The van der Waals surface area contributed by atoms with Crippen molar-refractivity contribution in [1.82, 2.24) is 15.2 Å². The average molecular weight is 390 g/mol. The van der Waals surface area contributed by atoms with Crippen LogP contribution in [0.15, 0.2) is 48.8 Å². The Morgan fingerprint density at radius 2 is 2.07 bits per heavy atom. The maximum atomic E-state index is 13.0. The number of hydrogen-bond donors (Lipinski definition) is 1. The summed E-state index contributed by atoms with van der Waals surface area (Å²) in [7, 11) is 0. The van der Waals surface area contributed by atoms with Gasteiger partial charge in [-0.3, -0.25) is 9.78 Å². The number of nitrogens with zero attached hydrogens (tertiary/aromatic N) is 2. The Morgan fingerprint density at radius 1 is 1.26 bits per heavy atom. The Balaban J connectivity index is 0.00000261. The molecule has 2 heterocycles. The van der Waals surface area contributed by atoms with Crippen LogP contribution in [0.3, 0.4) is 0 Å². The van der Waals surface area contributed by atoms with Crippen LogP contribution in [0.2, 0.25) is 0 Å². The summed E-state index contributed by atoms with van der Waals surface area (Å²) in [6.07, 6.45) is 7.01. The first-order chi connectivity index (χ1) is 12.8. The summed E-state index contributed by atoms with van der Waals surface area (Å²) in [5.41, 5.74) is 1.76. The van der Waals surface area contributed by atoms with Gasteiger partial charge in [0, 0.05) is 37.6 Å². The first-order valence-electron chi connectivity index (χ1n) is 9.44. The number of hydrogen-bond acceptors (Lipinski definition) is 4. The lowest BCUT2D eigenvalue weighted by Gasteiger charge is -2.36. The minimum atomic E-state index is 0. The molecule has 5 nitrogen and oxygen atoms in total. The van der Waals surface area contributed by atoms with E-state index < -0.39 is 0 Å². The summed E-state index contributed by atoms with van der Waals surface area (Å²) in [5, 5.41) is 3.37. The zero-order valence-corrected chi connectivity index (χ0v) is 16.6. The van der Waals surface area contributed by atoms with Crippen molar-refractivity contribution in [2.24, 2.45) is 0 Å². The summed E-state index contributed by atoms with van der Waals surface area (Å²) in [6.45, 7) is 5.14. The number of rotatable bonds is 7. The number of carbonyl (C=O) groups excluding carboxylic acids is 1.